The number of para-hydroxylation sites is 1. The minimum Gasteiger partial charge on any atom is -0.353 e. The van der Waals surface area contributed by atoms with Crippen LogP contribution in [0.3, 0.4) is 0 Å². The Morgan fingerprint density at radius 3 is 2.26 bits per heavy atom. The molecule has 2 aromatic heterocycles. The van der Waals surface area contributed by atoms with E-state index in [-0.39, 0.29) is 5.92 Å². The molecule has 0 saturated carbocycles. The molecule has 10 heteroatoms. The zero-order chi connectivity index (χ0) is 23.9. The van der Waals surface area contributed by atoms with E-state index < -0.39 is 10.0 Å². The number of fused-ring (bicyclic) bond motifs is 1. The lowest BCUT2D eigenvalue weighted by Crippen LogP contribution is -2.49. The van der Waals surface area contributed by atoms with Crippen LogP contribution in [0.2, 0.25) is 5.02 Å². The van der Waals surface area contributed by atoms with Crippen LogP contribution >= 0.6 is 11.6 Å². The van der Waals surface area contributed by atoms with E-state index in [0.717, 1.165) is 16.9 Å². The predicted octanol–water partition coefficient (Wildman–Crippen LogP) is 4.10. The molecule has 0 atom stereocenters. The largest absolute Gasteiger partial charge is 0.353 e. The average molecular weight is 497 g/mol. The number of aromatic nitrogens is 4. The highest BCUT2D eigenvalue weighted by Crippen LogP contribution is 2.30. The van der Waals surface area contributed by atoms with Crippen molar-refractivity contribution in [1.29, 1.82) is 0 Å². The SMILES string of the molecule is CC(C)c1nc(N2CCN(S(=O)(=O)c3ccccc3)CC2)c2cnn(-c3ccccc3Cl)c2n1. The second-order valence-electron chi connectivity index (χ2n) is 8.51. The molecule has 0 amide bonds. The van der Waals surface area contributed by atoms with Gasteiger partial charge in [0.1, 0.15) is 11.6 Å². The molecule has 0 unspecified atom stereocenters. The smallest absolute Gasteiger partial charge is 0.243 e. The zero-order valence-corrected chi connectivity index (χ0v) is 20.5. The van der Waals surface area contributed by atoms with Crippen molar-refractivity contribution in [2.45, 2.75) is 24.7 Å². The first-order chi connectivity index (χ1) is 16.4. The van der Waals surface area contributed by atoms with Crippen LogP contribution in [0.15, 0.2) is 65.7 Å². The average Bonchev–Trinajstić information content (AvgIpc) is 3.28. The van der Waals surface area contributed by atoms with Crippen molar-refractivity contribution in [3.63, 3.8) is 0 Å². The summed E-state index contributed by atoms with van der Waals surface area (Å²) in [5, 5.41) is 5.96. The Hall–Kier alpha value is -3.01. The third-order valence-corrected chi connectivity index (χ3v) is 8.17. The van der Waals surface area contributed by atoms with Gasteiger partial charge in [0.2, 0.25) is 10.0 Å². The number of anilines is 1. The van der Waals surface area contributed by atoms with Crippen molar-refractivity contribution in [3.05, 3.63) is 71.6 Å². The lowest BCUT2D eigenvalue weighted by atomic mass is 10.2. The molecule has 0 radical (unpaired) electrons. The first kappa shape index (κ1) is 22.8. The monoisotopic (exact) mass is 496 g/mol. The highest BCUT2D eigenvalue weighted by Gasteiger charge is 2.30. The fourth-order valence-corrected chi connectivity index (χ4v) is 5.75. The number of hydrogen-bond acceptors (Lipinski definition) is 6. The quantitative estimate of drug-likeness (QED) is 0.413. The van der Waals surface area contributed by atoms with Gasteiger partial charge >= 0.3 is 0 Å². The second-order valence-corrected chi connectivity index (χ2v) is 10.9. The van der Waals surface area contributed by atoms with Crippen molar-refractivity contribution >= 4 is 38.5 Å². The maximum Gasteiger partial charge on any atom is 0.243 e. The van der Waals surface area contributed by atoms with Crippen LogP contribution in [-0.2, 0) is 10.0 Å². The highest BCUT2D eigenvalue weighted by atomic mass is 35.5. The fraction of sp³-hybridized carbons (Fsp3) is 0.292. The Labute approximate surface area is 203 Å². The summed E-state index contributed by atoms with van der Waals surface area (Å²) in [7, 11) is -3.53. The summed E-state index contributed by atoms with van der Waals surface area (Å²) in [6.07, 6.45) is 1.76. The predicted molar refractivity (Wildman–Crippen MR) is 133 cm³/mol. The van der Waals surface area contributed by atoms with E-state index in [4.69, 9.17) is 21.6 Å². The van der Waals surface area contributed by atoms with Gasteiger partial charge in [-0.3, -0.25) is 0 Å². The van der Waals surface area contributed by atoms with Crippen molar-refractivity contribution in [3.8, 4) is 5.69 Å². The van der Waals surface area contributed by atoms with Crippen LogP contribution in [0.4, 0.5) is 5.82 Å². The molecule has 4 aromatic rings. The van der Waals surface area contributed by atoms with Gasteiger partial charge in [-0.15, -0.1) is 0 Å². The van der Waals surface area contributed by atoms with Crippen molar-refractivity contribution in [2.75, 3.05) is 31.1 Å². The highest BCUT2D eigenvalue weighted by molar-refractivity contribution is 7.89. The van der Waals surface area contributed by atoms with E-state index in [1.807, 2.05) is 44.2 Å². The van der Waals surface area contributed by atoms with Crippen LogP contribution < -0.4 is 4.90 Å². The molecule has 0 bridgehead atoms. The molecule has 0 aliphatic carbocycles. The summed E-state index contributed by atoms with van der Waals surface area (Å²) in [6, 6.07) is 16.1. The van der Waals surface area contributed by atoms with Gasteiger partial charge in [0.15, 0.2) is 5.65 Å². The molecule has 1 fully saturated rings. The maximum absolute atomic E-state index is 13.0. The summed E-state index contributed by atoms with van der Waals surface area (Å²) < 4.78 is 29.3. The Morgan fingerprint density at radius 1 is 0.912 bits per heavy atom. The first-order valence-corrected chi connectivity index (χ1v) is 13.0. The number of benzene rings is 2. The minimum absolute atomic E-state index is 0.109. The molecule has 34 heavy (non-hydrogen) atoms. The normalized spacial score (nSPS) is 15.4. The minimum atomic E-state index is -3.53. The molecule has 8 nitrogen and oxygen atoms in total. The summed E-state index contributed by atoms with van der Waals surface area (Å²) >= 11 is 6.44. The molecule has 3 heterocycles. The van der Waals surface area contributed by atoms with E-state index in [1.165, 1.54) is 4.31 Å². The number of hydrogen-bond donors (Lipinski definition) is 0. The molecule has 176 valence electrons. The molecule has 1 aliphatic heterocycles. The van der Waals surface area contributed by atoms with Gasteiger partial charge in [-0.2, -0.15) is 9.40 Å². The summed E-state index contributed by atoms with van der Waals surface area (Å²) in [5.41, 5.74) is 1.43. The van der Waals surface area contributed by atoms with Crippen LogP contribution in [0.1, 0.15) is 25.6 Å². The topological polar surface area (TPSA) is 84.2 Å². The molecule has 1 aliphatic rings. The Morgan fingerprint density at radius 2 is 1.59 bits per heavy atom. The van der Waals surface area contributed by atoms with E-state index in [0.29, 0.717) is 47.6 Å². The third-order valence-electron chi connectivity index (χ3n) is 5.94. The molecular formula is C24H25ClN6O2S. The van der Waals surface area contributed by atoms with E-state index in [2.05, 4.69) is 10.00 Å². The maximum atomic E-state index is 13.0. The molecule has 1 saturated heterocycles. The van der Waals surface area contributed by atoms with E-state index >= 15 is 0 Å². The first-order valence-electron chi connectivity index (χ1n) is 11.2. The molecule has 0 N–H and O–H groups in total. The van der Waals surface area contributed by atoms with Gasteiger partial charge in [-0.05, 0) is 24.3 Å². The fourth-order valence-electron chi connectivity index (χ4n) is 4.09. The Balaban J connectivity index is 1.49. The van der Waals surface area contributed by atoms with Crippen LogP contribution in [-0.4, -0.2) is 58.7 Å². The molecule has 5 rings (SSSR count). The lowest BCUT2D eigenvalue weighted by Gasteiger charge is -2.35. The Kier molecular flexibility index (Phi) is 6.01. The van der Waals surface area contributed by atoms with Gasteiger partial charge in [0.25, 0.3) is 0 Å². The lowest BCUT2D eigenvalue weighted by molar-refractivity contribution is 0.384. The number of nitrogens with zero attached hydrogens (tertiary/aromatic N) is 6. The summed E-state index contributed by atoms with van der Waals surface area (Å²) in [5.74, 6) is 1.58. The van der Waals surface area contributed by atoms with Crippen LogP contribution in [0.5, 0.6) is 0 Å². The van der Waals surface area contributed by atoms with Gasteiger partial charge < -0.3 is 4.90 Å². The van der Waals surface area contributed by atoms with Crippen LogP contribution in [0.25, 0.3) is 16.7 Å². The van der Waals surface area contributed by atoms with Crippen molar-refractivity contribution < 1.29 is 8.42 Å². The van der Waals surface area contributed by atoms with Gasteiger partial charge in [-0.1, -0.05) is 55.8 Å². The summed E-state index contributed by atoms with van der Waals surface area (Å²) in [6.45, 7) is 5.88. The van der Waals surface area contributed by atoms with Crippen LogP contribution in [0, 0.1) is 0 Å². The number of piperazine rings is 1. The number of sulfonamides is 1. The van der Waals surface area contributed by atoms with Crippen molar-refractivity contribution in [1.82, 2.24) is 24.1 Å². The van der Waals surface area contributed by atoms with Gasteiger partial charge in [-0.25, -0.2) is 23.1 Å². The van der Waals surface area contributed by atoms with E-state index in [1.54, 1.807) is 35.1 Å². The van der Waals surface area contributed by atoms with Gasteiger partial charge in [0.05, 0.1) is 27.2 Å². The molecular weight excluding hydrogens is 472 g/mol. The number of rotatable bonds is 5. The second kappa shape index (κ2) is 8.98. The molecule has 0 spiro atoms. The standard InChI is InChI=1S/C24H25ClN6O2S/c1-17(2)22-27-23(19-16-26-31(24(19)28-22)21-11-7-6-10-20(21)25)29-12-14-30(15-13-29)34(32,33)18-8-4-3-5-9-18/h3-11,16-17H,12-15H2,1-2H3. The van der Waals surface area contributed by atoms with Crippen molar-refractivity contribution in [2.24, 2.45) is 0 Å². The number of halogens is 1. The summed E-state index contributed by atoms with van der Waals surface area (Å²) in [4.78, 5) is 12.1. The zero-order valence-electron chi connectivity index (χ0n) is 19.0. The Bertz CT molecular complexity index is 1430. The molecule has 2 aromatic carbocycles. The van der Waals surface area contributed by atoms with E-state index in [9.17, 15) is 8.42 Å². The van der Waals surface area contributed by atoms with Gasteiger partial charge in [0, 0.05) is 32.1 Å². The third kappa shape index (κ3) is 4.04.